The third-order valence-electron chi connectivity index (χ3n) is 7.75. The number of rotatable bonds is 5. The Balaban J connectivity index is 1.69. The van der Waals surface area contributed by atoms with E-state index in [1.807, 2.05) is 46.6 Å². The third kappa shape index (κ3) is 4.16. The summed E-state index contributed by atoms with van der Waals surface area (Å²) in [5.74, 6) is 0.407. The quantitative estimate of drug-likeness (QED) is 0.383. The van der Waals surface area contributed by atoms with Gasteiger partial charge in [0.15, 0.2) is 0 Å². The topological polar surface area (TPSA) is 78.0 Å². The zero-order valence-corrected chi connectivity index (χ0v) is 21.8. The van der Waals surface area contributed by atoms with Gasteiger partial charge in [-0.3, -0.25) is 4.98 Å². The van der Waals surface area contributed by atoms with Crippen molar-refractivity contribution in [2.45, 2.75) is 31.2 Å². The SMILES string of the molecule is BC(B)(O)c1ccc2c3ncc(-c4c(C)nnn4C)cc3n([C@H](c3ccccc3)C3CCOCC3)c2c1. The summed E-state index contributed by atoms with van der Waals surface area (Å²) >= 11 is 0. The second kappa shape index (κ2) is 9.15. The van der Waals surface area contributed by atoms with Crippen LogP contribution in [0.2, 0.25) is 0 Å². The molecule has 0 radical (unpaired) electrons. The van der Waals surface area contributed by atoms with Crippen molar-refractivity contribution in [2.75, 3.05) is 13.2 Å². The Labute approximate surface area is 218 Å². The lowest BCUT2D eigenvalue weighted by Crippen LogP contribution is -2.27. The lowest BCUT2D eigenvalue weighted by molar-refractivity contribution is 0.0553. The van der Waals surface area contributed by atoms with Crippen molar-refractivity contribution in [3.05, 3.63) is 77.6 Å². The van der Waals surface area contributed by atoms with Gasteiger partial charge < -0.3 is 14.4 Å². The Morgan fingerprint density at radius 2 is 1.81 bits per heavy atom. The third-order valence-corrected chi connectivity index (χ3v) is 7.75. The first-order chi connectivity index (χ1) is 17.8. The number of hydrogen-bond acceptors (Lipinski definition) is 5. The Morgan fingerprint density at radius 1 is 1.05 bits per heavy atom. The second-order valence-electron chi connectivity index (χ2n) is 10.7. The number of hydrogen-bond donors (Lipinski definition) is 1. The predicted octanol–water partition coefficient (Wildman–Crippen LogP) is 2.68. The summed E-state index contributed by atoms with van der Waals surface area (Å²) in [6.45, 7) is 3.51. The van der Waals surface area contributed by atoms with Crippen molar-refractivity contribution in [1.29, 1.82) is 0 Å². The van der Waals surface area contributed by atoms with Crippen LogP contribution in [0, 0.1) is 12.8 Å². The molecule has 0 bridgehead atoms. The molecule has 5 aromatic rings. The van der Waals surface area contributed by atoms with E-state index in [0.717, 1.165) is 70.5 Å². The van der Waals surface area contributed by atoms with Gasteiger partial charge in [0.2, 0.25) is 0 Å². The van der Waals surface area contributed by atoms with Crippen molar-refractivity contribution in [3.8, 4) is 11.3 Å². The van der Waals surface area contributed by atoms with Gasteiger partial charge in [-0.15, -0.1) is 5.10 Å². The molecule has 1 fully saturated rings. The molecule has 0 spiro atoms. The average molecular weight is 491 g/mol. The highest BCUT2D eigenvalue weighted by atomic mass is 16.5. The lowest BCUT2D eigenvalue weighted by Gasteiger charge is -2.33. The first-order valence-electron chi connectivity index (χ1n) is 13.0. The number of benzene rings is 2. The van der Waals surface area contributed by atoms with E-state index in [2.05, 4.69) is 63.4 Å². The Morgan fingerprint density at radius 3 is 2.49 bits per heavy atom. The summed E-state index contributed by atoms with van der Waals surface area (Å²) in [5.41, 5.74) is 8.09. The number of aliphatic hydroxyl groups is 1. The summed E-state index contributed by atoms with van der Waals surface area (Å²) in [4.78, 5) is 5.00. The minimum atomic E-state index is -0.952. The molecule has 37 heavy (non-hydrogen) atoms. The molecule has 0 saturated carbocycles. The highest BCUT2D eigenvalue weighted by Gasteiger charge is 2.31. The molecular weight excluding hydrogens is 460 g/mol. The molecule has 7 nitrogen and oxygen atoms in total. The van der Waals surface area contributed by atoms with Crippen molar-refractivity contribution in [2.24, 2.45) is 13.0 Å². The van der Waals surface area contributed by atoms with Gasteiger partial charge in [0.05, 0.1) is 34.0 Å². The van der Waals surface area contributed by atoms with Gasteiger partial charge in [-0.25, -0.2) is 4.68 Å². The summed E-state index contributed by atoms with van der Waals surface area (Å²) in [7, 11) is 5.59. The maximum Gasteiger partial charge on any atom is 0.137 e. The van der Waals surface area contributed by atoms with Crippen LogP contribution < -0.4 is 0 Å². The minimum Gasteiger partial charge on any atom is -0.403 e. The predicted molar refractivity (Wildman–Crippen MR) is 151 cm³/mol. The Kier molecular flexibility index (Phi) is 5.92. The number of aryl methyl sites for hydroxylation is 2. The van der Waals surface area contributed by atoms with Gasteiger partial charge in [-0.1, -0.05) is 47.7 Å². The fourth-order valence-electron chi connectivity index (χ4n) is 5.88. The highest BCUT2D eigenvalue weighted by Crippen LogP contribution is 2.41. The van der Waals surface area contributed by atoms with E-state index in [4.69, 9.17) is 9.72 Å². The maximum atomic E-state index is 10.9. The first-order valence-corrected chi connectivity index (χ1v) is 13.0. The molecule has 2 aromatic carbocycles. The number of pyridine rings is 1. The molecule has 186 valence electrons. The van der Waals surface area contributed by atoms with Crippen LogP contribution in [0.5, 0.6) is 0 Å². The molecule has 4 heterocycles. The van der Waals surface area contributed by atoms with Crippen LogP contribution >= 0.6 is 0 Å². The van der Waals surface area contributed by atoms with Crippen LogP contribution in [-0.2, 0) is 17.2 Å². The summed E-state index contributed by atoms with van der Waals surface area (Å²) in [5, 5.41) is 19.5. The molecule has 1 atom stereocenters. The van der Waals surface area contributed by atoms with E-state index < -0.39 is 5.40 Å². The van der Waals surface area contributed by atoms with Crippen molar-refractivity contribution >= 4 is 37.6 Å². The monoisotopic (exact) mass is 491 g/mol. The Bertz CT molecular complexity index is 1560. The lowest BCUT2D eigenvalue weighted by atomic mass is 9.61. The second-order valence-corrected chi connectivity index (χ2v) is 10.7. The van der Waals surface area contributed by atoms with E-state index in [1.165, 1.54) is 5.56 Å². The number of aromatic nitrogens is 5. The minimum absolute atomic E-state index is 0.102. The van der Waals surface area contributed by atoms with Gasteiger partial charge in [0, 0.05) is 42.8 Å². The van der Waals surface area contributed by atoms with Gasteiger partial charge in [-0.2, -0.15) is 0 Å². The molecule has 1 aliphatic heterocycles. The van der Waals surface area contributed by atoms with Crippen LogP contribution in [0.3, 0.4) is 0 Å². The van der Waals surface area contributed by atoms with Crippen molar-refractivity contribution < 1.29 is 9.84 Å². The van der Waals surface area contributed by atoms with Gasteiger partial charge in [0.1, 0.15) is 15.7 Å². The smallest absolute Gasteiger partial charge is 0.137 e. The van der Waals surface area contributed by atoms with Crippen molar-refractivity contribution in [1.82, 2.24) is 24.5 Å². The molecule has 9 heteroatoms. The van der Waals surface area contributed by atoms with E-state index in [-0.39, 0.29) is 6.04 Å². The normalized spacial score (nSPS) is 16.0. The molecule has 3 aromatic heterocycles. The van der Waals surface area contributed by atoms with Crippen LogP contribution in [-0.4, -0.2) is 58.6 Å². The van der Waals surface area contributed by atoms with Crippen LogP contribution in [0.1, 0.15) is 35.7 Å². The highest BCUT2D eigenvalue weighted by molar-refractivity contribution is 6.38. The molecular formula is C28H31B2N5O2. The summed E-state index contributed by atoms with van der Waals surface area (Å²) in [6.07, 6.45) is 3.90. The molecule has 0 amide bonds. The number of nitrogens with zero attached hydrogens (tertiary/aromatic N) is 5. The molecule has 6 rings (SSSR count). The molecule has 0 unspecified atom stereocenters. The van der Waals surface area contributed by atoms with E-state index in [1.54, 1.807) is 0 Å². The number of ether oxygens (including phenoxy) is 1. The molecule has 1 N–H and O–H groups in total. The standard InChI is InChI=1S/C28H31B2N5O2/c1-17-26(34(2)33-32-17)20-14-24-25(31-16-20)22-9-8-21(28(29,30)36)15-23(22)35(24)27(18-6-4-3-5-7-18)19-10-12-37-13-11-19/h3-9,14-16,19,27,36H,10-13,29-30H2,1-2H3/t27-/m1/s1. The first kappa shape index (κ1) is 23.9. The fourth-order valence-corrected chi connectivity index (χ4v) is 5.88. The molecule has 1 saturated heterocycles. The summed E-state index contributed by atoms with van der Waals surface area (Å²) in [6, 6.07) is 19.4. The van der Waals surface area contributed by atoms with E-state index in [0.29, 0.717) is 5.92 Å². The zero-order valence-electron chi connectivity index (χ0n) is 21.8. The van der Waals surface area contributed by atoms with Crippen LogP contribution in [0.25, 0.3) is 33.2 Å². The maximum absolute atomic E-state index is 10.9. The molecule has 0 aliphatic carbocycles. The van der Waals surface area contributed by atoms with Crippen molar-refractivity contribution in [3.63, 3.8) is 0 Å². The summed E-state index contributed by atoms with van der Waals surface area (Å²) < 4.78 is 10.0. The van der Waals surface area contributed by atoms with Gasteiger partial charge >= 0.3 is 0 Å². The zero-order chi connectivity index (χ0) is 25.7. The largest absolute Gasteiger partial charge is 0.403 e. The average Bonchev–Trinajstić information content (AvgIpc) is 3.40. The van der Waals surface area contributed by atoms with Crippen LogP contribution in [0.15, 0.2) is 60.8 Å². The van der Waals surface area contributed by atoms with Gasteiger partial charge in [-0.05, 0) is 48.9 Å². The van der Waals surface area contributed by atoms with E-state index in [9.17, 15) is 5.11 Å². The van der Waals surface area contributed by atoms with E-state index >= 15 is 0 Å². The number of fused-ring (bicyclic) bond motifs is 3. The Hall–Kier alpha value is -3.42. The van der Waals surface area contributed by atoms with Gasteiger partial charge in [0.25, 0.3) is 0 Å². The fraction of sp³-hybridized carbons (Fsp3) is 0.321. The molecule has 1 aliphatic rings. The van der Waals surface area contributed by atoms with Crippen LogP contribution in [0.4, 0.5) is 0 Å².